The average Bonchev–Trinajstić information content (AvgIpc) is 2.79. The van der Waals surface area contributed by atoms with Crippen LogP contribution in [0.4, 0.5) is 0 Å². The Morgan fingerprint density at radius 1 is 0.933 bits per heavy atom. The normalized spacial score (nSPS) is 10.6. The maximum absolute atomic E-state index is 12.7. The number of amides is 1. The molecule has 0 saturated carbocycles. The highest BCUT2D eigenvalue weighted by molar-refractivity contribution is 5.95. The summed E-state index contributed by atoms with van der Waals surface area (Å²) < 4.78 is 21.9. The molecule has 30 heavy (non-hydrogen) atoms. The smallest absolute Gasteiger partial charge is 0.251 e. The molecule has 0 heterocycles. The molecule has 0 atom stereocenters. The highest BCUT2D eigenvalue weighted by atomic mass is 16.5. The lowest BCUT2D eigenvalue weighted by Crippen LogP contribution is -2.28. The van der Waals surface area contributed by atoms with Crippen LogP contribution in [-0.4, -0.2) is 58.4 Å². The third kappa shape index (κ3) is 6.03. The van der Waals surface area contributed by atoms with Crippen molar-refractivity contribution in [3.63, 3.8) is 0 Å². The van der Waals surface area contributed by atoms with E-state index in [0.29, 0.717) is 36.0 Å². The third-order valence-corrected chi connectivity index (χ3v) is 4.90. The standard InChI is InChI=1S/C23H32N2O5/c1-6-25(7-2)12-13-30-19-11-9-8-10-17(19)16-24-23(26)18-14-20(27-3)22(29-5)21(15-18)28-4/h8-11,14-15H,6-7,12-13,16H2,1-5H3,(H,24,26). The van der Waals surface area contributed by atoms with E-state index in [0.717, 1.165) is 30.9 Å². The van der Waals surface area contributed by atoms with E-state index in [1.807, 2.05) is 24.3 Å². The SMILES string of the molecule is CCN(CC)CCOc1ccccc1CNC(=O)c1cc(OC)c(OC)c(OC)c1. The van der Waals surface area contributed by atoms with Gasteiger partial charge in [-0.25, -0.2) is 0 Å². The lowest BCUT2D eigenvalue weighted by Gasteiger charge is -2.19. The number of likely N-dealkylation sites (N-methyl/N-ethyl adjacent to an activating group) is 1. The second-order valence-electron chi connectivity index (χ2n) is 6.58. The second kappa shape index (κ2) is 11.9. The van der Waals surface area contributed by atoms with E-state index < -0.39 is 0 Å². The molecule has 2 rings (SSSR count). The number of nitrogens with one attached hydrogen (secondary N) is 1. The van der Waals surface area contributed by atoms with E-state index in [9.17, 15) is 4.79 Å². The number of benzene rings is 2. The van der Waals surface area contributed by atoms with Crippen LogP contribution < -0.4 is 24.3 Å². The molecule has 1 N–H and O–H groups in total. The molecular formula is C23H32N2O5. The number of rotatable bonds is 12. The zero-order valence-electron chi connectivity index (χ0n) is 18.5. The van der Waals surface area contributed by atoms with Gasteiger partial charge in [0.15, 0.2) is 11.5 Å². The van der Waals surface area contributed by atoms with E-state index in [4.69, 9.17) is 18.9 Å². The molecular weight excluding hydrogens is 384 g/mol. The first kappa shape index (κ1) is 23.3. The molecule has 0 aliphatic heterocycles. The second-order valence-corrected chi connectivity index (χ2v) is 6.58. The number of para-hydroxylation sites is 1. The lowest BCUT2D eigenvalue weighted by molar-refractivity contribution is 0.0949. The Balaban J connectivity index is 2.06. The highest BCUT2D eigenvalue weighted by Gasteiger charge is 2.17. The largest absolute Gasteiger partial charge is 0.493 e. The summed E-state index contributed by atoms with van der Waals surface area (Å²) in [5.41, 5.74) is 1.34. The first-order valence-electron chi connectivity index (χ1n) is 10.1. The highest BCUT2D eigenvalue weighted by Crippen LogP contribution is 2.38. The molecule has 0 unspecified atom stereocenters. The molecule has 7 nitrogen and oxygen atoms in total. The monoisotopic (exact) mass is 416 g/mol. The van der Waals surface area contributed by atoms with Crippen molar-refractivity contribution in [1.29, 1.82) is 0 Å². The molecule has 0 spiro atoms. The minimum atomic E-state index is -0.243. The molecule has 0 saturated heterocycles. The van der Waals surface area contributed by atoms with E-state index in [-0.39, 0.29) is 5.91 Å². The Bertz CT molecular complexity index is 796. The summed E-state index contributed by atoms with van der Waals surface area (Å²) in [4.78, 5) is 15.0. The number of hydrogen-bond acceptors (Lipinski definition) is 6. The number of nitrogens with zero attached hydrogens (tertiary/aromatic N) is 1. The quantitative estimate of drug-likeness (QED) is 0.572. The van der Waals surface area contributed by atoms with Gasteiger partial charge in [-0.15, -0.1) is 0 Å². The predicted octanol–water partition coefficient (Wildman–Crippen LogP) is 3.36. The van der Waals surface area contributed by atoms with Crippen LogP contribution in [0.3, 0.4) is 0 Å². The Morgan fingerprint density at radius 2 is 1.57 bits per heavy atom. The maximum atomic E-state index is 12.7. The molecule has 0 bridgehead atoms. The Kier molecular flexibility index (Phi) is 9.28. The van der Waals surface area contributed by atoms with Crippen molar-refractivity contribution in [1.82, 2.24) is 10.2 Å². The van der Waals surface area contributed by atoms with Crippen molar-refractivity contribution in [3.8, 4) is 23.0 Å². The first-order valence-corrected chi connectivity index (χ1v) is 10.1. The van der Waals surface area contributed by atoms with Gasteiger partial charge in [0.2, 0.25) is 5.75 Å². The average molecular weight is 417 g/mol. The molecule has 7 heteroatoms. The zero-order valence-corrected chi connectivity index (χ0v) is 18.5. The summed E-state index contributed by atoms with van der Waals surface area (Å²) in [5.74, 6) is 1.84. The Morgan fingerprint density at radius 3 is 2.13 bits per heavy atom. The lowest BCUT2D eigenvalue weighted by atomic mass is 10.1. The van der Waals surface area contributed by atoms with E-state index in [2.05, 4.69) is 24.1 Å². The topological polar surface area (TPSA) is 69.3 Å². The van der Waals surface area contributed by atoms with Gasteiger partial charge in [-0.2, -0.15) is 0 Å². The van der Waals surface area contributed by atoms with Crippen molar-refractivity contribution < 1.29 is 23.7 Å². The molecule has 164 valence electrons. The van der Waals surface area contributed by atoms with Crippen LogP contribution >= 0.6 is 0 Å². The summed E-state index contributed by atoms with van der Waals surface area (Å²) in [6.45, 7) is 8.06. The fourth-order valence-corrected chi connectivity index (χ4v) is 3.10. The minimum absolute atomic E-state index is 0.243. The molecule has 2 aromatic carbocycles. The molecule has 1 amide bonds. The summed E-state index contributed by atoms with van der Waals surface area (Å²) in [6, 6.07) is 11.0. The van der Waals surface area contributed by atoms with Gasteiger partial charge in [-0.05, 0) is 31.3 Å². The summed E-state index contributed by atoms with van der Waals surface area (Å²) in [5, 5.41) is 2.94. The van der Waals surface area contributed by atoms with Crippen molar-refractivity contribution in [2.45, 2.75) is 20.4 Å². The van der Waals surface area contributed by atoms with Gasteiger partial charge >= 0.3 is 0 Å². The van der Waals surface area contributed by atoms with Crippen molar-refractivity contribution >= 4 is 5.91 Å². The van der Waals surface area contributed by atoms with E-state index in [1.165, 1.54) is 21.3 Å². The summed E-state index contributed by atoms with van der Waals surface area (Å²) in [7, 11) is 4.56. The number of hydrogen-bond donors (Lipinski definition) is 1. The van der Waals surface area contributed by atoms with Crippen LogP contribution in [0.1, 0.15) is 29.8 Å². The molecule has 0 radical (unpaired) electrons. The Hall–Kier alpha value is -2.93. The van der Waals surface area contributed by atoms with Crippen LogP contribution in [-0.2, 0) is 6.54 Å². The van der Waals surface area contributed by atoms with E-state index >= 15 is 0 Å². The minimum Gasteiger partial charge on any atom is -0.493 e. The van der Waals surface area contributed by atoms with Crippen LogP contribution in [0.2, 0.25) is 0 Å². The molecule has 0 aliphatic carbocycles. The van der Waals surface area contributed by atoms with Crippen LogP contribution in [0.15, 0.2) is 36.4 Å². The fourth-order valence-electron chi connectivity index (χ4n) is 3.10. The number of methoxy groups -OCH3 is 3. The van der Waals surface area contributed by atoms with Crippen molar-refractivity contribution in [2.24, 2.45) is 0 Å². The van der Waals surface area contributed by atoms with Gasteiger partial charge in [0, 0.05) is 24.2 Å². The summed E-state index contributed by atoms with van der Waals surface area (Å²) >= 11 is 0. The van der Waals surface area contributed by atoms with Gasteiger partial charge in [0.25, 0.3) is 5.91 Å². The molecule has 0 aliphatic rings. The van der Waals surface area contributed by atoms with Crippen molar-refractivity contribution in [2.75, 3.05) is 47.6 Å². The van der Waals surface area contributed by atoms with Gasteiger partial charge in [-0.3, -0.25) is 4.79 Å². The predicted molar refractivity (Wildman–Crippen MR) is 117 cm³/mol. The van der Waals surface area contributed by atoms with Gasteiger partial charge in [0.1, 0.15) is 12.4 Å². The molecule has 0 fully saturated rings. The first-order chi connectivity index (χ1) is 14.6. The number of ether oxygens (including phenoxy) is 4. The Labute approximate surface area is 178 Å². The molecule has 2 aromatic rings. The van der Waals surface area contributed by atoms with Gasteiger partial charge in [0.05, 0.1) is 21.3 Å². The maximum Gasteiger partial charge on any atom is 0.251 e. The number of carbonyl (C=O) groups is 1. The fraction of sp³-hybridized carbons (Fsp3) is 0.435. The zero-order chi connectivity index (χ0) is 21.9. The third-order valence-electron chi connectivity index (χ3n) is 4.90. The number of carbonyl (C=O) groups excluding carboxylic acids is 1. The molecule has 0 aromatic heterocycles. The van der Waals surface area contributed by atoms with Crippen LogP contribution in [0.5, 0.6) is 23.0 Å². The van der Waals surface area contributed by atoms with Gasteiger partial charge in [-0.1, -0.05) is 32.0 Å². The van der Waals surface area contributed by atoms with Crippen molar-refractivity contribution in [3.05, 3.63) is 47.5 Å². The summed E-state index contributed by atoms with van der Waals surface area (Å²) in [6.07, 6.45) is 0. The van der Waals surface area contributed by atoms with Gasteiger partial charge < -0.3 is 29.2 Å². The van der Waals surface area contributed by atoms with Crippen LogP contribution in [0.25, 0.3) is 0 Å². The van der Waals surface area contributed by atoms with E-state index in [1.54, 1.807) is 12.1 Å². The van der Waals surface area contributed by atoms with Crippen LogP contribution in [0, 0.1) is 0 Å².